The van der Waals surface area contributed by atoms with Gasteiger partial charge in [-0.25, -0.2) is 9.18 Å². The molecule has 118 valence electrons. The van der Waals surface area contributed by atoms with Gasteiger partial charge < -0.3 is 9.84 Å². The third-order valence-electron chi connectivity index (χ3n) is 3.50. The van der Waals surface area contributed by atoms with Crippen LogP contribution in [0.5, 0.6) is 5.75 Å². The molecular formula is C17H15FN2O3. The Morgan fingerprint density at radius 2 is 2.13 bits per heavy atom. The van der Waals surface area contributed by atoms with Crippen LogP contribution in [-0.2, 0) is 0 Å². The average Bonchev–Trinajstić information content (AvgIpc) is 2.75. The first kappa shape index (κ1) is 15.0. The summed E-state index contributed by atoms with van der Waals surface area (Å²) in [5, 5.41) is 13.3. The Hall–Kier alpha value is -2.89. The van der Waals surface area contributed by atoms with Gasteiger partial charge in [0.05, 0.1) is 23.6 Å². The molecule has 23 heavy (non-hydrogen) atoms. The molecule has 1 aliphatic rings. The molecule has 0 bridgehead atoms. The summed E-state index contributed by atoms with van der Waals surface area (Å²) < 4.78 is 19.1. The number of anilines is 1. The van der Waals surface area contributed by atoms with Crippen LogP contribution < -0.4 is 10.2 Å². The number of carboxylic acids is 1. The Labute approximate surface area is 132 Å². The number of rotatable bonds is 3. The largest absolute Gasteiger partial charge is 0.493 e. The third kappa shape index (κ3) is 3.48. The van der Waals surface area contributed by atoms with E-state index < -0.39 is 5.97 Å². The molecule has 2 aromatic carbocycles. The van der Waals surface area contributed by atoms with E-state index >= 15 is 0 Å². The first-order valence-corrected chi connectivity index (χ1v) is 7.22. The van der Waals surface area contributed by atoms with E-state index in [-0.39, 0.29) is 11.4 Å². The molecule has 0 spiro atoms. The minimum atomic E-state index is -1.00. The maximum Gasteiger partial charge on any atom is 0.335 e. The molecule has 2 aromatic rings. The molecule has 2 N–H and O–H groups in total. The average molecular weight is 314 g/mol. The van der Waals surface area contributed by atoms with E-state index in [0.717, 1.165) is 6.42 Å². The van der Waals surface area contributed by atoms with Crippen LogP contribution in [0.15, 0.2) is 47.6 Å². The molecule has 0 atom stereocenters. The van der Waals surface area contributed by atoms with Gasteiger partial charge in [0.25, 0.3) is 0 Å². The summed E-state index contributed by atoms with van der Waals surface area (Å²) in [5.41, 5.74) is 4.87. The van der Waals surface area contributed by atoms with Crippen LogP contribution in [0.1, 0.15) is 28.8 Å². The lowest BCUT2D eigenvalue weighted by atomic mass is 10.1. The van der Waals surface area contributed by atoms with Crippen LogP contribution in [0.25, 0.3) is 0 Å². The molecule has 0 unspecified atom stereocenters. The van der Waals surface area contributed by atoms with E-state index in [4.69, 9.17) is 9.84 Å². The summed E-state index contributed by atoms with van der Waals surface area (Å²) >= 11 is 0. The fourth-order valence-electron chi connectivity index (χ4n) is 2.38. The second-order valence-corrected chi connectivity index (χ2v) is 5.15. The number of aromatic carboxylic acids is 1. The molecule has 5 nitrogen and oxygen atoms in total. The van der Waals surface area contributed by atoms with E-state index in [0.29, 0.717) is 35.7 Å². The van der Waals surface area contributed by atoms with Gasteiger partial charge in [-0.3, -0.25) is 5.43 Å². The van der Waals surface area contributed by atoms with Gasteiger partial charge in [0.15, 0.2) is 0 Å². The Balaban J connectivity index is 1.89. The standard InChI is InChI=1S/C17H15FN2O3/c18-12-6-7-16-14(10-12)15(5-2-8-23-16)20-19-13-4-1-3-11(9-13)17(21)22/h1,3-4,6-7,9-10,19H,2,5,8H2,(H,21,22). The Bertz CT molecular complexity index is 774. The lowest BCUT2D eigenvalue weighted by Crippen LogP contribution is -2.05. The molecule has 1 heterocycles. The predicted octanol–water partition coefficient (Wildman–Crippen LogP) is 3.51. The highest BCUT2D eigenvalue weighted by Gasteiger charge is 2.16. The first-order valence-electron chi connectivity index (χ1n) is 7.22. The Morgan fingerprint density at radius 1 is 1.26 bits per heavy atom. The second kappa shape index (κ2) is 6.48. The molecule has 0 saturated heterocycles. The lowest BCUT2D eigenvalue weighted by Gasteiger charge is -2.09. The molecular weight excluding hydrogens is 299 g/mol. The zero-order valence-electron chi connectivity index (χ0n) is 12.3. The number of halogens is 1. The number of ether oxygens (including phenoxy) is 1. The van der Waals surface area contributed by atoms with Gasteiger partial charge >= 0.3 is 5.97 Å². The zero-order valence-corrected chi connectivity index (χ0v) is 12.3. The number of carboxylic acid groups (broad SMARTS) is 1. The number of carbonyl (C=O) groups is 1. The fraction of sp³-hybridized carbons (Fsp3) is 0.176. The Kier molecular flexibility index (Phi) is 4.23. The van der Waals surface area contributed by atoms with Gasteiger partial charge in [0, 0.05) is 5.56 Å². The van der Waals surface area contributed by atoms with Crippen molar-refractivity contribution in [1.82, 2.24) is 0 Å². The molecule has 0 amide bonds. The van der Waals surface area contributed by atoms with Crippen LogP contribution >= 0.6 is 0 Å². The summed E-state index contributed by atoms with van der Waals surface area (Å²) in [6.07, 6.45) is 1.41. The van der Waals surface area contributed by atoms with Crippen molar-refractivity contribution in [2.45, 2.75) is 12.8 Å². The molecule has 0 saturated carbocycles. The molecule has 3 rings (SSSR count). The van der Waals surface area contributed by atoms with Crippen molar-refractivity contribution in [3.8, 4) is 5.75 Å². The number of hydrogen-bond acceptors (Lipinski definition) is 4. The maximum absolute atomic E-state index is 13.5. The number of nitrogens with one attached hydrogen (secondary N) is 1. The van der Waals surface area contributed by atoms with Crippen molar-refractivity contribution in [3.63, 3.8) is 0 Å². The molecule has 0 aliphatic carbocycles. The van der Waals surface area contributed by atoms with E-state index in [9.17, 15) is 9.18 Å². The normalized spacial score (nSPS) is 15.4. The Morgan fingerprint density at radius 3 is 2.96 bits per heavy atom. The van der Waals surface area contributed by atoms with Gasteiger partial charge in [0.1, 0.15) is 11.6 Å². The third-order valence-corrected chi connectivity index (χ3v) is 3.50. The van der Waals surface area contributed by atoms with Gasteiger partial charge in [-0.05, 0) is 49.2 Å². The van der Waals surface area contributed by atoms with E-state index in [1.54, 1.807) is 18.2 Å². The summed E-state index contributed by atoms with van der Waals surface area (Å²) in [6.45, 7) is 0.548. The second-order valence-electron chi connectivity index (χ2n) is 5.15. The quantitative estimate of drug-likeness (QED) is 0.851. The summed E-state index contributed by atoms with van der Waals surface area (Å²) in [7, 11) is 0. The van der Waals surface area contributed by atoms with Gasteiger partial charge in [-0.2, -0.15) is 5.10 Å². The predicted molar refractivity (Wildman–Crippen MR) is 84.7 cm³/mol. The van der Waals surface area contributed by atoms with Crippen LogP contribution in [0, 0.1) is 5.82 Å². The smallest absolute Gasteiger partial charge is 0.335 e. The molecule has 0 fully saturated rings. The lowest BCUT2D eigenvalue weighted by molar-refractivity contribution is 0.0697. The number of hydrogen-bond donors (Lipinski definition) is 2. The van der Waals surface area contributed by atoms with Crippen LogP contribution in [0.3, 0.4) is 0 Å². The monoisotopic (exact) mass is 314 g/mol. The van der Waals surface area contributed by atoms with Crippen molar-refractivity contribution in [1.29, 1.82) is 0 Å². The topological polar surface area (TPSA) is 70.9 Å². The van der Waals surface area contributed by atoms with E-state index in [1.165, 1.54) is 24.3 Å². The fourth-order valence-corrected chi connectivity index (χ4v) is 2.38. The molecule has 0 radical (unpaired) electrons. The van der Waals surface area contributed by atoms with Crippen LogP contribution in [-0.4, -0.2) is 23.4 Å². The van der Waals surface area contributed by atoms with Gasteiger partial charge in [0.2, 0.25) is 0 Å². The maximum atomic E-state index is 13.5. The molecule has 0 aromatic heterocycles. The number of fused-ring (bicyclic) bond motifs is 1. The highest BCUT2D eigenvalue weighted by molar-refractivity contribution is 6.03. The van der Waals surface area contributed by atoms with E-state index in [2.05, 4.69) is 10.5 Å². The highest BCUT2D eigenvalue weighted by atomic mass is 19.1. The SMILES string of the molecule is O=C(O)c1cccc(NN=C2CCCOc3ccc(F)cc32)c1. The van der Waals surface area contributed by atoms with E-state index in [1.807, 2.05) is 0 Å². The van der Waals surface area contributed by atoms with Crippen LogP contribution in [0.2, 0.25) is 0 Å². The number of nitrogens with zero attached hydrogens (tertiary/aromatic N) is 1. The number of hydrazone groups is 1. The molecule has 1 aliphatic heterocycles. The number of benzene rings is 2. The molecule has 6 heteroatoms. The zero-order chi connectivity index (χ0) is 16.2. The van der Waals surface area contributed by atoms with Crippen molar-refractivity contribution in [3.05, 3.63) is 59.4 Å². The van der Waals surface area contributed by atoms with Crippen molar-refractivity contribution < 1.29 is 19.0 Å². The van der Waals surface area contributed by atoms with Gasteiger partial charge in [-0.15, -0.1) is 0 Å². The van der Waals surface area contributed by atoms with Crippen molar-refractivity contribution in [2.24, 2.45) is 5.10 Å². The minimum Gasteiger partial charge on any atom is -0.493 e. The van der Waals surface area contributed by atoms with Crippen molar-refractivity contribution in [2.75, 3.05) is 12.0 Å². The van der Waals surface area contributed by atoms with Gasteiger partial charge in [-0.1, -0.05) is 6.07 Å². The minimum absolute atomic E-state index is 0.172. The van der Waals surface area contributed by atoms with Crippen LogP contribution in [0.4, 0.5) is 10.1 Å². The first-order chi connectivity index (χ1) is 11.1. The van der Waals surface area contributed by atoms with Crippen molar-refractivity contribution >= 4 is 17.4 Å². The summed E-state index contributed by atoms with van der Waals surface area (Å²) in [4.78, 5) is 11.0. The summed E-state index contributed by atoms with van der Waals surface area (Å²) in [5.74, 6) is -0.754. The highest BCUT2D eigenvalue weighted by Crippen LogP contribution is 2.25. The summed E-state index contributed by atoms with van der Waals surface area (Å²) in [6, 6.07) is 10.7.